The van der Waals surface area contributed by atoms with Gasteiger partial charge in [0.15, 0.2) is 9.84 Å². The second kappa shape index (κ2) is 17.2. The Hall–Kier alpha value is -2.82. The maximum Gasteiger partial charge on any atom is 0.317 e. The summed E-state index contributed by atoms with van der Waals surface area (Å²) in [4.78, 5) is 14.5. The van der Waals surface area contributed by atoms with Gasteiger partial charge in [0.05, 0.1) is 10.1 Å². The van der Waals surface area contributed by atoms with E-state index >= 15 is 0 Å². The van der Waals surface area contributed by atoms with Crippen LogP contribution in [0.25, 0.3) is 0 Å². The van der Waals surface area contributed by atoms with Crippen molar-refractivity contribution in [3.8, 4) is 11.5 Å². The van der Waals surface area contributed by atoms with Crippen LogP contribution in [0.1, 0.15) is 63.9 Å². The Morgan fingerprint density at radius 3 is 2.32 bits per heavy atom. The minimum Gasteiger partial charge on any atom is -0.508 e. The van der Waals surface area contributed by atoms with Crippen LogP contribution < -0.4 is 15.4 Å². The van der Waals surface area contributed by atoms with Crippen molar-refractivity contribution in [2.75, 3.05) is 39.3 Å². The van der Waals surface area contributed by atoms with Gasteiger partial charge in [0, 0.05) is 26.2 Å². The van der Waals surface area contributed by atoms with Crippen molar-refractivity contribution in [1.29, 1.82) is 0 Å². The Morgan fingerprint density at radius 1 is 0.976 bits per heavy atom. The topological polar surface area (TPSA) is 128 Å². The Bertz CT molecular complexity index is 1130. The van der Waals surface area contributed by atoms with Gasteiger partial charge in [-0.2, -0.15) is 0 Å². The number of rotatable bonds is 17. The van der Waals surface area contributed by atoms with E-state index in [-0.39, 0.29) is 18.4 Å². The molecule has 1 atom stereocenters. The molecule has 228 valence electrons. The van der Waals surface area contributed by atoms with Crippen molar-refractivity contribution in [1.82, 2.24) is 15.5 Å². The number of aliphatic hydroxyl groups is 1. The van der Waals surface area contributed by atoms with E-state index in [9.17, 15) is 23.4 Å². The molecular formula is C31H47N3O6S. The van der Waals surface area contributed by atoms with Crippen LogP contribution in [0.15, 0.2) is 53.4 Å². The molecule has 2 aromatic rings. The predicted octanol–water partition coefficient (Wildman–Crippen LogP) is 4.27. The number of carbonyl (C=O) groups is 1. The van der Waals surface area contributed by atoms with Crippen molar-refractivity contribution in [2.45, 2.75) is 81.0 Å². The number of phenolic OH excluding ortho intramolecular Hbond substituents is 1. The fourth-order valence-electron chi connectivity index (χ4n) is 4.92. The lowest BCUT2D eigenvalue weighted by molar-refractivity contribution is 0.106. The van der Waals surface area contributed by atoms with E-state index < -0.39 is 21.2 Å². The summed E-state index contributed by atoms with van der Waals surface area (Å²) < 4.78 is 32.0. The molecule has 0 aliphatic carbocycles. The molecule has 0 aromatic heterocycles. The first-order valence-corrected chi connectivity index (χ1v) is 16.5. The summed E-state index contributed by atoms with van der Waals surface area (Å²) in [6.45, 7) is 4.88. The fraction of sp³-hybridized carbons (Fsp3) is 0.581. The molecule has 4 N–H and O–H groups in total. The number of unbranched alkanes of at least 4 members (excludes halogenated alkanes) is 5. The van der Waals surface area contributed by atoms with Crippen molar-refractivity contribution in [3.05, 3.63) is 54.1 Å². The number of aromatic hydroxyl groups is 1. The monoisotopic (exact) mass is 589 g/mol. The lowest BCUT2D eigenvalue weighted by Gasteiger charge is -2.31. The van der Waals surface area contributed by atoms with Crippen LogP contribution >= 0.6 is 0 Å². The van der Waals surface area contributed by atoms with E-state index in [4.69, 9.17) is 4.74 Å². The zero-order chi connectivity index (χ0) is 29.5. The molecular weight excluding hydrogens is 542 g/mol. The molecule has 1 aliphatic heterocycles. The number of hydrogen-bond acceptors (Lipinski definition) is 7. The molecule has 3 rings (SSSR count). The van der Waals surface area contributed by atoms with E-state index in [1.54, 1.807) is 29.2 Å². The van der Waals surface area contributed by atoms with Gasteiger partial charge in [-0.1, -0.05) is 51.2 Å². The highest BCUT2D eigenvalue weighted by molar-refractivity contribution is 7.92. The van der Waals surface area contributed by atoms with Crippen LogP contribution in [0.2, 0.25) is 0 Å². The number of carbonyl (C=O) groups excluding carboxylic acids is 1. The molecule has 0 bridgehead atoms. The Balaban J connectivity index is 1.33. The molecule has 0 saturated carbocycles. The second-order valence-corrected chi connectivity index (χ2v) is 13.0. The van der Waals surface area contributed by atoms with Crippen molar-refractivity contribution in [3.63, 3.8) is 0 Å². The molecule has 1 heterocycles. The number of aliphatic hydroxyl groups excluding tert-OH is 1. The molecule has 9 nitrogen and oxygen atoms in total. The summed E-state index contributed by atoms with van der Waals surface area (Å²) >= 11 is 0. The summed E-state index contributed by atoms with van der Waals surface area (Å²) in [5.74, 6) is 0.734. The van der Waals surface area contributed by atoms with E-state index in [1.807, 2.05) is 12.1 Å². The molecule has 0 radical (unpaired) electrons. The number of ether oxygens (including phenoxy) is 1. The fourth-order valence-corrected chi connectivity index (χ4v) is 6.65. The van der Waals surface area contributed by atoms with Crippen LogP contribution in [-0.4, -0.2) is 80.2 Å². The number of likely N-dealkylation sites (tertiary alicyclic amines) is 1. The van der Waals surface area contributed by atoms with Crippen LogP contribution in [0.5, 0.6) is 11.5 Å². The number of sulfone groups is 1. The minimum atomic E-state index is -3.46. The van der Waals surface area contributed by atoms with E-state index in [0.717, 1.165) is 18.4 Å². The smallest absolute Gasteiger partial charge is 0.317 e. The molecule has 1 fully saturated rings. The quantitative estimate of drug-likeness (QED) is 0.203. The number of benzene rings is 2. The highest BCUT2D eigenvalue weighted by Gasteiger charge is 2.32. The van der Waals surface area contributed by atoms with Gasteiger partial charge < -0.3 is 30.5 Å². The van der Waals surface area contributed by atoms with E-state index in [0.29, 0.717) is 62.6 Å². The van der Waals surface area contributed by atoms with Crippen LogP contribution in [0.3, 0.4) is 0 Å². The van der Waals surface area contributed by atoms with Gasteiger partial charge in [-0.05, 0) is 74.2 Å². The number of urea groups is 1. The average molecular weight is 590 g/mol. The molecule has 1 unspecified atom stereocenters. The normalized spacial score (nSPS) is 15.0. The third-order valence-electron chi connectivity index (χ3n) is 7.48. The van der Waals surface area contributed by atoms with Gasteiger partial charge in [-0.25, -0.2) is 13.2 Å². The van der Waals surface area contributed by atoms with Gasteiger partial charge in [-0.15, -0.1) is 0 Å². The highest BCUT2D eigenvalue weighted by Crippen LogP contribution is 2.25. The molecule has 1 aliphatic rings. The third-order valence-corrected chi connectivity index (χ3v) is 9.75. The van der Waals surface area contributed by atoms with Crippen LogP contribution in [-0.2, 0) is 16.3 Å². The SMILES string of the molecule is CCCCCCCCNC(=O)N1CCC(S(=O)(=O)c2ccc(CCNCC(O)COc3ccc(O)cc3)cc2)CC1. The zero-order valence-electron chi connectivity index (χ0n) is 24.3. The maximum atomic E-state index is 13.2. The number of hydrogen-bond donors (Lipinski definition) is 4. The summed E-state index contributed by atoms with van der Waals surface area (Å²) in [5, 5.41) is 25.1. The second-order valence-electron chi connectivity index (χ2n) is 10.8. The van der Waals surface area contributed by atoms with Gasteiger partial charge in [0.2, 0.25) is 0 Å². The number of amides is 2. The zero-order valence-corrected chi connectivity index (χ0v) is 25.1. The van der Waals surface area contributed by atoms with Crippen LogP contribution in [0.4, 0.5) is 4.79 Å². The van der Waals surface area contributed by atoms with Gasteiger partial charge in [0.25, 0.3) is 0 Å². The Labute approximate surface area is 245 Å². The first-order valence-electron chi connectivity index (χ1n) is 15.0. The lowest BCUT2D eigenvalue weighted by Crippen LogP contribution is -2.47. The van der Waals surface area contributed by atoms with Crippen LogP contribution in [0, 0.1) is 0 Å². The molecule has 0 spiro atoms. The predicted molar refractivity (Wildman–Crippen MR) is 161 cm³/mol. The first kappa shape index (κ1) is 32.7. The van der Waals surface area contributed by atoms with Crippen molar-refractivity contribution in [2.24, 2.45) is 0 Å². The van der Waals surface area contributed by atoms with Gasteiger partial charge in [0.1, 0.15) is 24.2 Å². The largest absolute Gasteiger partial charge is 0.508 e. The summed E-state index contributed by atoms with van der Waals surface area (Å²) in [6.07, 6.45) is 7.93. The molecule has 10 heteroatoms. The molecule has 2 amide bonds. The number of nitrogens with zero attached hydrogens (tertiary/aromatic N) is 1. The summed E-state index contributed by atoms with van der Waals surface area (Å²) in [6, 6.07) is 13.3. The number of nitrogens with one attached hydrogen (secondary N) is 2. The summed E-state index contributed by atoms with van der Waals surface area (Å²) in [7, 11) is -3.46. The molecule has 41 heavy (non-hydrogen) atoms. The van der Waals surface area contributed by atoms with Crippen molar-refractivity contribution >= 4 is 15.9 Å². The van der Waals surface area contributed by atoms with Gasteiger partial charge in [-0.3, -0.25) is 0 Å². The molecule has 1 saturated heterocycles. The average Bonchev–Trinajstić information content (AvgIpc) is 2.99. The van der Waals surface area contributed by atoms with Crippen molar-refractivity contribution < 1.29 is 28.2 Å². The lowest BCUT2D eigenvalue weighted by atomic mass is 10.1. The van der Waals surface area contributed by atoms with E-state index in [1.165, 1.54) is 37.8 Å². The first-order chi connectivity index (χ1) is 19.8. The summed E-state index contributed by atoms with van der Waals surface area (Å²) in [5.41, 5.74) is 1.00. The maximum absolute atomic E-state index is 13.2. The van der Waals surface area contributed by atoms with E-state index in [2.05, 4.69) is 17.6 Å². The standard InChI is InChI=1S/C31H47N3O6S/c1-2-3-4-5-6-7-19-33-31(37)34-21-17-30(18-22-34)41(38,39)29-14-8-25(9-15-29)16-20-32-23-27(36)24-40-28-12-10-26(35)11-13-28/h8-15,27,30,32,35-36H,2-7,16-24H2,1H3,(H,33,37). The van der Waals surface area contributed by atoms with Gasteiger partial charge >= 0.3 is 6.03 Å². The third kappa shape index (κ3) is 11.2. The minimum absolute atomic E-state index is 0.0928. The highest BCUT2D eigenvalue weighted by atomic mass is 32.2. The number of piperidine rings is 1. The Morgan fingerprint density at radius 2 is 1.63 bits per heavy atom. The molecule has 2 aromatic carbocycles. The Kier molecular flexibility index (Phi) is 13.7. The number of phenols is 1.